The molecule has 70 valence electrons. The number of carbonyl (C=O) groups excluding carboxylic acids is 2. The van der Waals surface area contributed by atoms with Crippen molar-refractivity contribution < 1.29 is 9.59 Å². The van der Waals surface area contributed by atoms with Gasteiger partial charge >= 0.3 is 0 Å². The Morgan fingerprint density at radius 1 is 1.00 bits per heavy atom. The van der Waals surface area contributed by atoms with Crippen LogP contribution in [0.5, 0.6) is 0 Å². The molecule has 0 unspecified atom stereocenters. The van der Waals surface area contributed by atoms with E-state index in [4.69, 9.17) is 5.73 Å². The van der Waals surface area contributed by atoms with Crippen LogP contribution in [-0.4, -0.2) is 11.6 Å². The number of benzene rings is 1. The SMILES string of the molecule is NC1=C(S)C(=O)c2ccccc2C1=O. The van der Waals surface area contributed by atoms with Gasteiger partial charge in [0.05, 0.1) is 10.6 Å². The number of hydrogen-bond acceptors (Lipinski definition) is 4. The van der Waals surface area contributed by atoms with Crippen molar-refractivity contribution in [3.8, 4) is 0 Å². The predicted molar refractivity (Wildman–Crippen MR) is 55.3 cm³/mol. The zero-order valence-electron chi connectivity index (χ0n) is 7.15. The van der Waals surface area contributed by atoms with Gasteiger partial charge in [0.15, 0.2) is 0 Å². The maximum atomic E-state index is 11.6. The lowest BCUT2D eigenvalue weighted by molar-refractivity contribution is 0.0980. The minimum absolute atomic E-state index is 0.0358. The Kier molecular flexibility index (Phi) is 1.93. The largest absolute Gasteiger partial charge is 0.395 e. The highest BCUT2D eigenvalue weighted by Crippen LogP contribution is 2.25. The minimum Gasteiger partial charge on any atom is -0.395 e. The summed E-state index contributed by atoms with van der Waals surface area (Å²) >= 11 is 3.92. The highest BCUT2D eigenvalue weighted by molar-refractivity contribution is 7.85. The summed E-state index contributed by atoms with van der Waals surface area (Å²) < 4.78 is 0. The van der Waals surface area contributed by atoms with E-state index in [9.17, 15) is 9.59 Å². The van der Waals surface area contributed by atoms with Crippen molar-refractivity contribution in [3.05, 3.63) is 46.0 Å². The van der Waals surface area contributed by atoms with E-state index in [0.29, 0.717) is 11.1 Å². The van der Waals surface area contributed by atoms with Crippen LogP contribution in [0.15, 0.2) is 34.9 Å². The number of rotatable bonds is 0. The molecule has 0 aliphatic heterocycles. The van der Waals surface area contributed by atoms with Gasteiger partial charge in [-0.05, 0) is 0 Å². The Balaban J connectivity index is 2.73. The van der Waals surface area contributed by atoms with Crippen LogP contribution in [0, 0.1) is 0 Å². The lowest BCUT2D eigenvalue weighted by Gasteiger charge is -2.14. The number of Topliss-reactive ketones (excluding diaryl/α,β-unsaturated/α-hetero) is 2. The van der Waals surface area contributed by atoms with Gasteiger partial charge in [-0.2, -0.15) is 0 Å². The Bertz CT molecular complexity index is 434. The summed E-state index contributed by atoms with van der Waals surface area (Å²) in [5.41, 5.74) is 6.11. The van der Waals surface area contributed by atoms with E-state index in [1.807, 2.05) is 0 Å². The van der Waals surface area contributed by atoms with Gasteiger partial charge in [-0.15, -0.1) is 12.6 Å². The third-order valence-electron chi connectivity index (χ3n) is 2.13. The molecule has 0 aromatic heterocycles. The van der Waals surface area contributed by atoms with Gasteiger partial charge in [0.25, 0.3) is 0 Å². The highest BCUT2D eigenvalue weighted by Gasteiger charge is 2.28. The molecule has 0 radical (unpaired) electrons. The van der Waals surface area contributed by atoms with E-state index >= 15 is 0 Å². The number of allylic oxidation sites excluding steroid dienone is 2. The van der Waals surface area contributed by atoms with Crippen molar-refractivity contribution in [3.63, 3.8) is 0 Å². The second-order valence-corrected chi connectivity index (χ2v) is 3.41. The fourth-order valence-electron chi connectivity index (χ4n) is 1.38. The molecule has 1 aliphatic rings. The van der Waals surface area contributed by atoms with E-state index in [2.05, 4.69) is 12.6 Å². The van der Waals surface area contributed by atoms with Gasteiger partial charge in [0, 0.05) is 11.1 Å². The summed E-state index contributed by atoms with van der Waals surface area (Å²) in [6.07, 6.45) is 0. The molecule has 1 aliphatic carbocycles. The second-order valence-electron chi connectivity index (χ2n) is 2.97. The molecule has 0 amide bonds. The molecule has 0 spiro atoms. The molecule has 2 rings (SSSR count). The molecule has 0 bridgehead atoms. The average molecular weight is 205 g/mol. The van der Waals surface area contributed by atoms with Crippen molar-refractivity contribution in [1.29, 1.82) is 0 Å². The maximum Gasteiger partial charge on any atom is 0.210 e. The van der Waals surface area contributed by atoms with Crippen molar-refractivity contribution in [2.45, 2.75) is 0 Å². The molecule has 1 aromatic carbocycles. The molecule has 3 nitrogen and oxygen atoms in total. The zero-order chi connectivity index (χ0) is 10.3. The van der Waals surface area contributed by atoms with Gasteiger partial charge in [-0.3, -0.25) is 9.59 Å². The lowest BCUT2D eigenvalue weighted by Crippen LogP contribution is -2.24. The summed E-state index contributed by atoms with van der Waals surface area (Å²) in [6, 6.07) is 6.58. The smallest absolute Gasteiger partial charge is 0.210 e. The van der Waals surface area contributed by atoms with Crippen LogP contribution in [0.4, 0.5) is 0 Å². The number of nitrogens with two attached hydrogens (primary N) is 1. The van der Waals surface area contributed by atoms with Crippen LogP contribution in [0.1, 0.15) is 20.7 Å². The fourth-order valence-corrected chi connectivity index (χ4v) is 1.60. The molecule has 2 N–H and O–H groups in total. The second kappa shape index (κ2) is 2.99. The zero-order valence-corrected chi connectivity index (χ0v) is 8.04. The molecule has 0 saturated heterocycles. The Morgan fingerprint density at radius 2 is 1.50 bits per heavy atom. The first-order valence-electron chi connectivity index (χ1n) is 4.00. The summed E-state index contributed by atoms with van der Waals surface area (Å²) in [4.78, 5) is 23.2. The molecule has 0 fully saturated rings. The van der Waals surface area contributed by atoms with E-state index < -0.39 is 0 Å². The third-order valence-corrected chi connectivity index (χ3v) is 2.58. The van der Waals surface area contributed by atoms with Gasteiger partial charge in [-0.25, -0.2) is 0 Å². The predicted octanol–water partition coefficient (Wildman–Crippen LogP) is 1.17. The first kappa shape index (κ1) is 9.02. The first-order valence-corrected chi connectivity index (χ1v) is 4.45. The summed E-state index contributed by atoms with van der Waals surface area (Å²) in [5, 5.41) is 0. The quantitative estimate of drug-likeness (QED) is 0.625. The topological polar surface area (TPSA) is 60.2 Å². The third kappa shape index (κ3) is 1.08. The number of carbonyl (C=O) groups is 2. The lowest BCUT2D eigenvalue weighted by atomic mass is 9.93. The summed E-state index contributed by atoms with van der Waals surface area (Å²) in [6.45, 7) is 0. The van der Waals surface area contributed by atoms with E-state index in [1.54, 1.807) is 24.3 Å². The Hall–Kier alpha value is -1.55. The number of fused-ring (bicyclic) bond motifs is 1. The molecule has 0 saturated carbocycles. The number of ketones is 2. The van der Waals surface area contributed by atoms with Crippen molar-refractivity contribution in [2.75, 3.05) is 0 Å². The van der Waals surface area contributed by atoms with Crippen LogP contribution in [0.3, 0.4) is 0 Å². The fraction of sp³-hybridized carbons (Fsp3) is 0. The minimum atomic E-state index is -0.329. The van der Waals surface area contributed by atoms with Gasteiger partial charge < -0.3 is 5.73 Å². The van der Waals surface area contributed by atoms with Crippen LogP contribution in [0.2, 0.25) is 0 Å². The maximum absolute atomic E-state index is 11.6. The van der Waals surface area contributed by atoms with Gasteiger partial charge in [-0.1, -0.05) is 24.3 Å². The van der Waals surface area contributed by atoms with Gasteiger partial charge in [0.1, 0.15) is 0 Å². The molecule has 1 aromatic rings. The van der Waals surface area contributed by atoms with E-state index in [0.717, 1.165) is 0 Å². The Morgan fingerprint density at radius 3 is 2.07 bits per heavy atom. The van der Waals surface area contributed by atoms with E-state index in [1.165, 1.54) is 0 Å². The van der Waals surface area contributed by atoms with Crippen molar-refractivity contribution in [2.24, 2.45) is 5.73 Å². The van der Waals surface area contributed by atoms with Crippen LogP contribution < -0.4 is 5.73 Å². The summed E-state index contributed by atoms with van der Waals surface area (Å²) in [7, 11) is 0. The monoisotopic (exact) mass is 205 g/mol. The summed E-state index contributed by atoms with van der Waals surface area (Å²) in [5.74, 6) is -0.619. The molecule has 4 heteroatoms. The molecular formula is C10H7NO2S. The molecule has 14 heavy (non-hydrogen) atoms. The normalized spacial score (nSPS) is 15.8. The molecule has 0 atom stereocenters. The standard InChI is InChI=1S/C10H7NO2S/c11-7-8(12)5-3-1-2-4-6(5)9(13)10(7)14/h1-4,14H,11H2. The number of hydrogen-bond donors (Lipinski definition) is 2. The Labute approximate surface area is 86.0 Å². The molecular weight excluding hydrogens is 198 g/mol. The van der Waals surface area contributed by atoms with Gasteiger partial charge in [0.2, 0.25) is 11.6 Å². The first-order chi connectivity index (χ1) is 6.63. The van der Waals surface area contributed by atoms with E-state index in [-0.39, 0.29) is 22.2 Å². The van der Waals surface area contributed by atoms with Crippen molar-refractivity contribution in [1.82, 2.24) is 0 Å². The van der Waals surface area contributed by atoms with Crippen LogP contribution in [-0.2, 0) is 0 Å². The van der Waals surface area contributed by atoms with Crippen LogP contribution in [0.25, 0.3) is 0 Å². The average Bonchev–Trinajstić information content (AvgIpc) is 2.23. The highest BCUT2D eigenvalue weighted by atomic mass is 32.1. The number of thiol groups is 1. The van der Waals surface area contributed by atoms with Crippen LogP contribution >= 0.6 is 12.6 Å². The molecule has 0 heterocycles. The van der Waals surface area contributed by atoms with Crippen molar-refractivity contribution >= 4 is 24.2 Å².